The van der Waals surface area contributed by atoms with E-state index in [0.717, 1.165) is 142 Å². The van der Waals surface area contributed by atoms with Crippen molar-refractivity contribution < 1.29 is 0 Å². The van der Waals surface area contributed by atoms with Crippen molar-refractivity contribution in [3.8, 4) is 0 Å². The third-order valence-electron chi connectivity index (χ3n) is 28.4. The van der Waals surface area contributed by atoms with Crippen molar-refractivity contribution in [2.45, 2.75) is 251 Å². The minimum absolute atomic E-state index is 0. The first kappa shape index (κ1) is 56.3. The van der Waals surface area contributed by atoms with Gasteiger partial charge in [-0.1, -0.05) is 174 Å². The number of hydrogen-bond donors (Lipinski definition) is 0. The number of rotatable bonds is 0. The van der Waals surface area contributed by atoms with Gasteiger partial charge in [0.25, 0.3) is 0 Å². The molecule has 0 spiro atoms. The summed E-state index contributed by atoms with van der Waals surface area (Å²) >= 11 is 0. The lowest BCUT2D eigenvalue weighted by Crippen LogP contribution is -2.54. The van der Waals surface area contributed by atoms with E-state index in [-0.39, 0.29) is 7.43 Å². The highest BCUT2D eigenvalue weighted by molar-refractivity contribution is 5.08. The maximum atomic E-state index is 2.47. The molecule has 0 nitrogen and oxygen atoms in total. The molecule has 18 rings (SSSR count). The van der Waals surface area contributed by atoms with Crippen molar-refractivity contribution in [2.24, 2.45) is 175 Å². The van der Waals surface area contributed by atoms with Gasteiger partial charge in [-0.15, -0.1) is 0 Å². The van der Waals surface area contributed by atoms with Gasteiger partial charge in [0.15, 0.2) is 0 Å². The Morgan fingerprint density at radius 1 is 0.194 bits per heavy atom. The molecule has 18 saturated carbocycles. The van der Waals surface area contributed by atoms with E-state index in [2.05, 4.69) is 166 Å². The van der Waals surface area contributed by atoms with Crippen molar-refractivity contribution in [1.29, 1.82) is 0 Å². The topological polar surface area (TPSA) is 0 Å². The molecular formula is C67H124. The molecule has 0 N–H and O–H groups in total. The van der Waals surface area contributed by atoms with Crippen molar-refractivity contribution in [3.05, 3.63) is 0 Å². The van der Waals surface area contributed by atoms with Gasteiger partial charge in [0, 0.05) is 0 Å². The highest BCUT2D eigenvalue weighted by Crippen LogP contribution is 2.67. The molecule has 67 heavy (non-hydrogen) atoms. The van der Waals surface area contributed by atoms with Gasteiger partial charge >= 0.3 is 0 Å². The molecule has 0 radical (unpaired) electrons. The second-order valence-corrected chi connectivity index (χ2v) is 32.6. The van der Waals surface area contributed by atoms with Crippen LogP contribution < -0.4 is 0 Å². The zero-order valence-electron chi connectivity index (χ0n) is 49.3. The minimum Gasteiger partial charge on any atom is -0.0776 e. The van der Waals surface area contributed by atoms with E-state index >= 15 is 0 Å². The van der Waals surface area contributed by atoms with Crippen LogP contribution in [0.15, 0.2) is 0 Å². The average Bonchev–Trinajstić information content (AvgIpc) is 3.23. The van der Waals surface area contributed by atoms with E-state index in [1.807, 2.05) is 0 Å². The van der Waals surface area contributed by atoms with Gasteiger partial charge in [-0.25, -0.2) is 0 Å². The van der Waals surface area contributed by atoms with Crippen LogP contribution in [-0.2, 0) is 0 Å². The molecule has 0 heterocycles. The van der Waals surface area contributed by atoms with Gasteiger partial charge in [0.1, 0.15) is 0 Å². The van der Waals surface area contributed by atoms with Gasteiger partial charge in [-0.2, -0.15) is 0 Å². The largest absolute Gasteiger partial charge is 0.0776 e. The number of fused-ring (bicyclic) bond motifs is 12. The summed E-state index contributed by atoms with van der Waals surface area (Å²) in [5.74, 6) is 24.4. The molecule has 0 aliphatic heterocycles. The van der Waals surface area contributed by atoms with Crippen molar-refractivity contribution >= 4 is 0 Å². The molecule has 24 atom stereocenters. The molecule has 0 aromatic rings. The van der Waals surface area contributed by atoms with Crippen LogP contribution in [0.1, 0.15) is 251 Å². The normalized spacial score (nSPS) is 52.7. The van der Waals surface area contributed by atoms with Crippen LogP contribution in [0.25, 0.3) is 0 Å². The third kappa shape index (κ3) is 9.58. The molecular weight excluding hydrogens is 805 g/mol. The Labute approximate surface area is 423 Å². The van der Waals surface area contributed by atoms with E-state index in [4.69, 9.17) is 0 Å². The molecule has 18 aliphatic carbocycles. The Morgan fingerprint density at radius 2 is 0.299 bits per heavy atom. The highest BCUT2D eigenvalue weighted by atomic mass is 14.6. The first-order valence-electron chi connectivity index (χ1n) is 30.2. The molecule has 0 amide bonds. The second kappa shape index (κ2) is 19.4. The van der Waals surface area contributed by atoms with Gasteiger partial charge in [0.05, 0.1) is 0 Å². The summed E-state index contributed by atoms with van der Waals surface area (Å²) in [7, 11) is 0. The van der Waals surface area contributed by atoms with E-state index in [1.54, 1.807) is 0 Å². The van der Waals surface area contributed by atoms with Crippen LogP contribution in [-0.4, -0.2) is 0 Å². The monoisotopic (exact) mass is 929 g/mol. The lowest BCUT2D eigenvalue weighted by Gasteiger charge is -2.61. The summed E-state index contributed by atoms with van der Waals surface area (Å²) in [6.45, 7) is 58.9. The zero-order chi connectivity index (χ0) is 49.3. The maximum absolute atomic E-state index is 2.47. The molecule has 12 bridgehead atoms. The predicted molar refractivity (Wildman–Crippen MR) is 297 cm³/mol. The molecule has 0 aromatic heterocycles. The fraction of sp³-hybridized carbons (Fsp3) is 1.00. The standard InChI is InChI=1S/6C11H20.CH4/c6*1-7-5-9-6-10(8(7)2)11(9,3)4;/h6*7-10H,5-6H2,1-4H3;1H4/t7-,8+,9+,10+;2*7-,8+,9-,10-;2*7-,8-,9+,10+;7-,8-,9-,10-;/m110100./s1. The van der Waals surface area contributed by atoms with E-state index < -0.39 is 0 Å². The molecule has 0 saturated heterocycles. The SMILES string of the molecule is C.C[C@@H]1[C@@H](C)C[C@H]2C[C@@H]1C2(C)C.C[C@@H]1[C@H](C)C[C@H]2C[C@@H]1C2(C)C.C[C@@H]1[C@H]2C[C@@H](C[C@@H]1C)C2(C)C.C[C@H]1[C@@H](C)C[C@H]2C[C@@H]1C2(C)C.C[C@H]1[C@H](C)C[C@@H]2C[C@H]1C2(C)C.C[C@H]1[C@H](C)C[C@H]2C[C@@H]1C2(C)C. The van der Waals surface area contributed by atoms with E-state index in [1.165, 1.54) is 77.0 Å². The van der Waals surface area contributed by atoms with Crippen LogP contribution in [0.4, 0.5) is 0 Å². The van der Waals surface area contributed by atoms with Crippen molar-refractivity contribution in [1.82, 2.24) is 0 Å². The zero-order valence-corrected chi connectivity index (χ0v) is 49.3. The molecule has 0 unspecified atom stereocenters. The summed E-state index contributed by atoms with van der Waals surface area (Å²) in [4.78, 5) is 0. The smallest absolute Gasteiger partial charge is 0.0295 e. The summed E-state index contributed by atoms with van der Waals surface area (Å²) in [6, 6.07) is 0. The van der Waals surface area contributed by atoms with Crippen LogP contribution in [0.3, 0.4) is 0 Å². The van der Waals surface area contributed by atoms with Gasteiger partial charge < -0.3 is 0 Å². The Morgan fingerprint density at radius 3 is 0.358 bits per heavy atom. The van der Waals surface area contributed by atoms with Gasteiger partial charge in [0.2, 0.25) is 0 Å². The lowest BCUT2D eigenvalue weighted by atomic mass is 9.44. The summed E-state index contributed by atoms with van der Waals surface area (Å²) in [5, 5.41) is 0. The van der Waals surface area contributed by atoms with Crippen LogP contribution in [0.5, 0.6) is 0 Å². The van der Waals surface area contributed by atoms with E-state index in [0.29, 0.717) is 32.5 Å². The van der Waals surface area contributed by atoms with E-state index in [9.17, 15) is 0 Å². The maximum Gasteiger partial charge on any atom is -0.0295 e. The van der Waals surface area contributed by atoms with Crippen LogP contribution in [0.2, 0.25) is 0 Å². The molecule has 18 fully saturated rings. The number of hydrogen-bond acceptors (Lipinski definition) is 0. The summed E-state index contributed by atoms with van der Waals surface area (Å²) < 4.78 is 0. The van der Waals surface area contributed by atoms with Crippen LogP contribution in [0, 0.1) is 175 Å². The van der Waals surface area contributed by atoms with Crippen molar-refractivity contribution in [2.75, 3.05) is 0 Å². The Balaban J connectivity index is 0.000000132. The molecule has 0 heteroatoms. The first-order valence-corrected chi connectivity index (χ1v) is 30.2. The Kier molecular flexibility index (Phi) is 16.3. The Hall–Kier alpha value is 0. The molecule has 392 valence electrons. The summed E-state index contributed by atoms with van der Waals surface area (Å²) in [5.41, 5.74) is 4.12. The highest BCUT2D eigenvalue weighted by Gasteiger charge is 2.59. The quantitative estimate of drug-likeness (QED) is 0.227. The molecule has 0 aromatic carbocycles. The fourth-order valence-electron chi connectivity index (χ4n) is 20.5. The minimum atomic E-state index is 0. The lowest BCUT2D eigenvalue weighted by molar-refractivity contribution is -0.124. The van der Waals surface area contributed by atoms with Crippen molar-refractivity contribution in [3.63, 3.8) is 0 Å². The summed E-state index contributed by atoms with van der Waals surface area (Å²) in [6.07, 6.45) is 18.1. The van der Waals surface area contributed by atoms with Gasteiger partial charge in [-0.3, -0.25) is 0 Å². The Bertz CT molecular complexity index is 1320. The second-order valence-electron chi connectivity index (χ2n) is 32.6. The first-order chi connectivity index (χ1) is 30.2. The van der Waals surface area contributed by atoms with Gasteiger partial charge in [-0.05, 0) is 252 Å². The van der Waals surface area contributed by atoms with Crippen LogP contribution >= 0.6 is 0 Å². The average molecular weight is 930 g/mol. The third-order valence-corrected chi connectivity index (χ3v) is 28.4. The molecule has 18 aliphatic rings. The fourth-order valence-corrected chi connectivity index (χ4v) is 20.5. The predicted octanol–water partition coefficient (Wildman–Crippen LogP) is 20.6.